The van der Waals surface area contributed by atoms with E-state index in [9.17, 15) is 4.79 Å². The summed E-state index contributed by atoms with van der Waals surface area (Å²) in [6, 6.07) is 8.90. The van der Waals surface area contributed by atoms with Crippen LogP contribution in [-0.2, 0) is 18.0 Å². The molecule has 0 radical (unpaired) electrons. The molecule has 0 bridgehead atoms. The average Bonchev–Trinajstić information content (AvgIpc) is 2.53. The van der Waals surface area contributed by atoms with Crippen molar-refractivity contribution in [1.29, 1.82) is 0 Å². The largest absolute Gasteiger partial charge is 0.544 e. The molecule has 0 aliphatic rings. The minimum atomic E-state index is -3.06. The first-order valence-corrected chi connectivity index (χ1v) is 9.61. The maximum absolute atomic E-state index is 12.3. The number of hydrogen-bond acceptors (Lipinski definition) is 5. The maximum atomic E-state index is 12.3. The molecule has 0 fully saturated rings. The van der Waals surface area contributed by atoms with E-state index in [1.54, 1.807) is 24.3 Å². The van der Waals surface area contributed by atoms with Crippen LogP contribution in [0.25, 0.3) is 0 Å². The summed E-state index contributed by atoms with van der Waals surface area (Å²) in [4.78, 5) is 12.3. The van der Waals surface area contributed by atoms with Gasteiger partial charge >= 0.3 is 14.8 Å². The van der Waals surface area contributed by atoms with E-state index in [1.165, 1.54) is 0 Å². The van der Waals surface area contributed by atoms with Crippen LogP contribution in [-0.4, -0.2) is 40.3 Å². The topological polar surface area (TPSA) is 54.0 Å². The number of carbonyl (C=O) groups excluding carboxylic acids is 1. The van der Waals surface area contributed by atoms with Crippen LogP contribution in [0.4, 0.5) is 0 Å². The molecular weight excluding hydrogens is 300 g/mol. The second-order valence-corrected chi connectivity index (χ2v) is 7.29. The summed E-state index contributed by atoms with van der Waals surface area (Å²) in [5, 5.41) is 0. The SMILES string of the molecule is CCO[Si](OCC)(OCC)C(CC)OC(=O)c1ccccc1. The smallest absolute Gasteiger partial charge is 0.454 e. The van der Waals surface area contributed by atoms with Crippen molar-refractivity contribution in [2.24, 2.45) is 0 Å². The second-order valence-electron chi connectivity index (χ2n) is 4.57. The molecule has 124 valence electrons. The lowest BCUT2D eigenvalue weighted by atomic mass is 10.2. The predicted octanol–water partition coefficient (Wildman–Crippen LogP) is 3.21. The van der Waals surface area contributed by atoms with Crippen molar-refractivity contribution >= 4 is 14.8 Å². The Morgan fingerprint density at radius 2 is 1.45 bits per heavy atom. The zero-order valence-electron chi connectivity index (χ0n) is 13.8. The van der Waals surface area contributed by atoms with Gasteiger partial charge in [-0.05, 0) is 39.3 Å². The van der Waals surface area contributed by atoms with Gasteiger partial charge in [-0.25, -0.2) is 4.79 Å². The molecule has 0 aliphatic carbocycles. The van der Waals surface area contributed by atoms with Gasteiger partial charge in [0.15, 0.2) is 5.73 Å². The van der Waals surface area contributed by atoms with E-state index in [-0.39, 0.29) is 5.97 Å². The zero-order valence-corrected chi connectivity index (χ0v) is 14.8. The molecule has 1 aromatic rings. The van der Waals surface area contributed by atoms with Crippen LogP contribution in [0.2, 0.25) is 0 Å². The van der Waals surface area contributed by atoms with E-state index >= 15 is 0 Å². The van der Waals surface area contributed by atoms with Crippen molar-refractivity contribution in [2.45, 2.75) is 39.8 Å². The molecule has 1 unspecified atom stereocenters. The summed E-state index contributed by atoms with van der Waals surface area (Å²) in [5.74, 6) is -0.386. The van der Waals surface area contributed by atoms with Gasteiger partial charge in [0.2, 0.25) is 0 Å². The minimum Gasteiger partial charge on any atom is -0.454 e. The molecule has 0 spiro atoms. The van der Waals surface area contributed by atoms with Gasteiger partial charge in [0.1, 0.15) is 0 Å². The molecule has 22 heavy (non-hydrogen) atoms. The van der Waals surface area contributed by atoms with Crippen LogP contribution in [0.5, 0.6) is 0 Å². The van der Waals surface area contributed by atoms with Crippen molar-refractivity contribution in [3.8, 4) is 0 Å². The van der Waals surface area contributed by atoms with Crippen molar-refractivity contribution in [3.05, 3.63) is 35.9 Å². The number of ether oxygens (including phenoxy) is 1. The highest BCUT2D eigenvalue weighted by Gasteiger charge is 2.51. The lowest BCUT2D eigenvalue weighted by molar-refractivity contribution is -0.00375. The molecule has 1 atom stereocenters. The molecule has 0 heterocycles. The van der Waals surface area contributed by atoms with Crippen molar-refractivity contribution in [2.75, 3.05) is 19.8 Å². The fraction of sp³-hybridized carbons (Fsp3) is 0.562. The summed E-state index contributed by atoms with van der Waals surface area (Å²) >= 11 is 0. The molecule has 1 aromatic carbocycles. The number of esters is 1. The van der Waals surface area contributed by atoms with Gasteiger partial charge in [-0.2, -0.15) is 0 Å². The van der Waals surface area contributed by atoms with Gasteiger partial charge in [0, 0.05) is 19.8 Å². The lowest BCUT2D eigenvalue weighted by Crippen LogP contribution is -2.58. The van der Waals surface area contributed by atoms with E-state index in [4.69, 9.17) is 18.0 Å². The standard InChI is InChI=1S/C16H26O5Si/c1-5-15(21-16(17)14-12-10-9-11-13-14)22(18-6-2,19-7-3)20-8-4/h9-13,15H,5-8H2,1-4H3. The van der Waals surface area contributed by atoms with E-state index in [1.807, 2.05) is 33.8 Å². The first kappa shape index (κ1) is 18.8. The van der Waals surface area contributed by atoms with Crippen molar-refractivity contribution < 1.29 is 22.8 Å². The molecule has 0 saturated heterocycles. The molecule has 6 heteroatoms. The number of hydrogen-bond donors (Lipinski definition) is 0. The van der Waals surface area contributed by atoms with Crippen LogP contribution in [0.15, 0.2) is 30.3 Å². The fourth-order valence-electron chi connectivity index (χ4n) is 2.18. The first-order valence-electron chi connectivity index (χ1n) is 7.81. The van der Waals surface area contributed by atoms with Gasteiger partial charge in [0.05, 0.1) is 5.56 Å². The Labute approximate surface area is 133 Å². The average molecular weight is 326 g/mol. The van der Waals surface area contributed by atoms with E-state index in [0.29, 0.717) is 31.8 Å². The van der Waals surface area contributed by atoms with Crippen LogP contribution >= 0.6 is 0 Å². The van der Waals surface area contributed by atoms with Crippen LogP contribution in [0.1, 0.15) is 44.5 Å². The predicted molar refractivity (Wildman–Crippen MR) is 86.6 cm³/mol. The van der Waals surface area contributed by atoms with Gasteiger partial charge in [-0.3, -0.25) is 0 Å². The van der Waals surface area contributed by atoms with E-state index in [0.717, 1.165) is 0 Å². The second kappa shape index (κ2) is 9.73. The highest BCUT2D eigenvalue weighted by Crippen LogP contribution is 2.22. The monoisotopic (exact) mass is 326 g/mol. The first-order chi connectivity index (χ1) is 10.6. The summed E-state index contributed by atoms with van der Waals surface area (Å²) in [6.45, 7) is 8.92. The molecule has 1 rings (SSSR count). The van der Waals surface area contributed by atoms with Crippen molar-refractivity contribution in [1.82, 2.24) is 0 Å². The third-order valence-corrected chi connectivity index (χ3v) is 6.45. The Kier molecular flexibility index (Phi) is 8.33. The van der Waals surface area contributed by atoms with Crippen molar-refractivity contribution in [3.63, 3.8) is 0 Å². The number of carbonyl (C=O) groups is 1. The maximum Gasteiger partial charge on any atom is 0.544 e. The Balaban J connectivity index is 2.95. The fourth-order valence-corrected chi connectivity index (χ4v) is 4.95. The number of rotatable bonds is 10. The van der Waals surface area contributed by atoms with Gasteiger partial charge in [0.25, 0.3) is 0 Å². The van der Waals surface area contributed by atoms with Crippen LogP contribution in [0.3, 0.4) is 0 Å². The molecule has 0 amide bonds. The Bertz CT molecular complexity index is 420. The third-order valence-electron chi connectivity index (χ3n) is 3.06. The molecule has 0 N–H and O–H groups in total. The van der Waals surface area contributed by atoms with Gasteiger partial charge in [-0.15, -0.1) is 0 Å². The summed E-state index contributed by atoms with van der Waals surface area (Å²) in [7, 11) is -3.06. The highest BCUT2D eigenvalue weighted by atomic mass is 28.4. The normalized spacial score (nSPS) is 12.9. The molecule has 0 aromatic heterocycles. The Morgan fingerprint density at radius 1 is 0.955 bits per heavy atom. The summed E-state index contributed by atoms with van der Waals surface area (Å²) in [5.41, 5.74) is -0.00611. The molecule has 5 nitrogen and oxygen atoms in total. The van der Waals surface area contributed by atoms with Gasteiger partial charge in [-0.1, -0.05) is 25.1 Å². The number of benzene rings is 1. The van der Waals surface area contributed by atoms with E-state index < -0.39 is 14.5 Å². The molecule has 0 saturated carbocycles. The lowest BCUT2D eigenvalue weighted by Gasteiger charge is -2.34. The van der Waals surface area contributed by atoms with Gasteiger partial charge < -0.3 is 18.0 Å². The Morgan fingerprint density at radius 3 is 1.86 bits per heavy atom. The zero-order chi connectivity index (χ0) is 16.4. The Hall–Kier alpha value is -1.21. The molecular formula is C16H26O5Si. The van der Waals surface area contributed by atoms with Crippen LogP contribution in [0, 0.1) is 0 Å². The highest BCUT2D eigenvalue weighted by molar-refractivity contribution is 6.62. The molecule has 0 aliphatic heterocycles. The van der Waals surface area contributed by atoms with E-state index in [2.05, 4.69) is 0 Å². The quantitative estimate of drug-likeness (QED) is 0.488. The summed E-state index contributed by atoms with van der Waals surface area (Å²) in [6.07, 6.45) is 0.574. The summed E-state index contributed by atoms with van der Waals surface area (Å²) < 4.78 is 23.1. The van der Waals surface area contributed by atoms with Crippen LogP contribution < -0.4 is 0 Å². The third kappa shape index (κ3) is 4.91. The minimum absolute atomic E-state index is 0.386.